The zero-order chi connectivity index (χ0) is 17.4. The Balaban J connectivity index is 1.83. The van der Waals surface area contributed by atoms with Crippen LogP contribution in [0.1, 0.15) is 11.1 Å². The number of carbonyl (C=O) groups excluding carboxylic acids is 1. The zero-order valence-electron chi connectivity index (χ0n) is 14.0. The third-order valence-corrected chi connectivity index (χ3v) is 3.55. The van der Waals surface area contributed by atoms with Crippen LogP contribution in [-0.4, -0.2) is 31.5 Å². The fourth-order valence-corrected chi connectivity index (χ4v) is 2.34. The van der Waals surface area contributed by atoms with Gasteiger partial charge in [0.1, 0.15) is 5.75 Å². The van der Waals surface area contributed by atoms with Gasteiger partial charge < -0.3 is 10.1 Å². The highest BCUT2D eigenvalue weighted by Crippen LogP contribution is 2.13. The summed E-state index contributed by atoms with van der Waals surface area (Å²) in [6.07, 6.45) is 0.374. The van der Waals surface area contributed by atoms with Gasteiger partial charge in [0, 0.05) is 12.2 Å². The second-order valence-corrected chi connectivity index (χ2v) is 5.60. The minimum Gasteiger partial charge on any atom is -0.497 e. The largest absolute Gasteiger partial charge is 0.497 e. The summed E-state index contributed by atoms with van der Waals surface area (Å²) >= 11 is 0. The number of likely N-dealkylation sites (N-methyl/N-ethyl adjacent to an activating group) is 1. The summed E-state index contributed by atoms with van der Waals surface area (Å²) in [6.45, 7) is 0.977. The van der Waals surface area contributed by atoms with E-state index in [4.69, 9.17) is 10.00 Å². The first-order valence-electron chi connectivity index (χ1n) is 7.68. The van der Waals surface area contributed by atoms with E-state index in [-0.39, 0.29) is 5.91 Å². The lowest BCUT2D eigenvalue weighted by molar-refractivity contribution is -0.117. The van der Waals surface area contributed by atoms with Gasteiger partial charge in [-0.3, -0.25) is 9.69 Å². The molecule has 24 heavy (non-hydrogen) atoms. The van der Waals surface area contributed by atoms with Crippen LogP contribution in [-0.2, 0) is 17.8 Å². The fourth-order valence-electron chi connectivity index (χ4n) is 2.34. The van der Waals surface area contributed by atoms with E-state index < -0.39 is 0 Å². The molecule has 2 aromatic rings. The number of nitriles is 1. The highest BCUT2D eigenvalue weighted by atomic mass is 16.5. The molecule has 0 aromatic heterocycles. The van der Waals surface area contributed by atoms with Crippen molar-refractivity contribution in [1.82, 2.24) is 4.90 Å². The molecule has 2 aromatic carbocycles. The molecule has 0 fully saturated rings. The molecular weight excluding hydrogens is 302 g/mol. The van der Waals surface area contributed by atoms with E-state index >= 15 is 0 Å². The number of benzene rings is 2. The third kappa shape index (κ3) is 5.41. The molecule has 0 aliphatic carbocycles. The van der Waals surface area contributed by atoms with Gasteiger partial charge in [-0.15, -0.1) is 0 Å². The van der Waals surface area contributed by atoms with Gasteiger partial charge >= 0.3 is 0 Å². The number of hydrogen-bond donors (Lipinski definition) is 1. The van der Waals surface area contributed by atoms with Crippen molar-refractivity contribution in [3.05, 3.63) is 59.7 Å². The second kappa shape index (κ2) is 8.70. The standard InChI is InChI=1S/C19H21N3O2/c1-22(13-16-5-9-18(24-2)10-6-16)14-19(23)21-17-7-3-15(4-8-17)11-12-20/h3-10H,11,13-14H2,1-2H3,(H,21,23). The van der Waals surface area contributed by atoms with Crippen molar-refractivity contribution in [1.29, 1.82) is 5.26 Å². The van der Waals surface area contributed by atoms with Crippen LogP contribution in [0.15, 0.2) is 48.5 Å². The highest BCUT2D eigenvalue weighted by Gasteiger charge is 2.08. The van der Waals surface area contributed by atoms with E-state index in [1.807, 2.05) is 60.5 Å². The molecule has 124 valence electrons. The summed E-state index contributed by atoms with van der Waals surface area (Å²) in [4.78, 5) is 14.0. The predicted octanol–water partition coefficient (Wildman–Crippen LogP) is 2.83. The Morgan fingerprint density at radius 1 is 1.12 bits per heavy atom. The lowest BCUT2D eigenvalue weighted by Crippen LogP contribution is -2.29. The molecule has 0 aliphatic heterocycles. The van der Waals surface area contributed by atoms with Crippen molar-refractivity contribution in [3.8, 4) is 11.8 Å². The molecule has 0 heterocycles. The molecule has 0 aliphatic rings. The summed E-state index contributed by atoms with van der Waals surface area (Å²) in [7, 11) is 3.54. The van der Waals surface area contributed by atoms with Crippen molar-refractivity contribution < 1.29 is 9.53 Å². The van der Waals surface area contributed by atoms with Crippen LogP contribution >= 0.6 is 0 Å². The normalized spacial score (nSPS) is 10.2. The summed E-state index contributed by atoms with van der Waals surface area (Å²) in [5, 5.41) is 11.5. The number of anilines is 1. The second-order valence-electron chi connectivity index (χ2n) is 5.60. The Morgan fingerprint density at radius 3 is 2.33 bits per heavy atom. The van der Waals surface area contributed by atoms with Gasteiger partial charge in [0.15, 0.2) is 0 Å². The Morgan fingerprint density at radius 2 is 1.75 bits per heavy atom. The van der Waals surface area contributed by atoms with Crippen LogP contribution < -0.4 is 10.1 Å². The highest BCUT2D eigenvalue weighted by molar-refractivity contribution is 5.92. The molecule has 5 nitrogen and oxygen atoms in total. The minimum atomic E-state index is -0.0703. The molecule has 0 saturated carbocycles. The first-order valence-corrected chi connectivity index (χ1v) is 7.68. The minimum absolute atomic E-state index is 0.0703. The average Bonchev–Trinajstić information content (AvgIpc) is 2.57. The first kappa shape index (κ1) is 17.5. The number of hydrogen-bond acceptors (Lipinski definition) is 4. The number of carbonyl (C=O) groups is 1. The van der Waals surface area contributed by atoms with Crippen LogP contribution in [0, 0.1) is 11.3 Å². The average molecular weight is 323 g/mol. The smallest absolute Gasteiger partial charge is 0.238 e. The number of methoxy groups -OCH3 is 1. The summed E-state index contributed by atoms with van der Waals surface area (Å²) in [6, 6.07) is 17.2. The number of nitrogens with one attached hydrogen (secondary N) is 1. The van der Waals surface area contributed by atoms with Crippen LogP contribution in [0.25, 0.3) is 0 Å². The van der Waals surface area contributed by atoms with Gasteiger partial charge in [-0.05, 0) is 42.4 Å². The number of ether oxygens (including phenoxy) is 1. The van der Waals surface area contributed by atoms with E-state index in [1.165, 1.54) is 0 Å². The van der Waals surface area contributed by atoms with Crippen LogP contribution in [0.4, 0.5) is 5.69 Å². The SMILES string of the molecule is COc1ccc(CN(C)CC(=O)Nc2ccc(CC#N)cc2)cc1. The topological polar surface area (TPSA) is 65.4 Å². The number of nitrogens with zero attached hydrogens (tertiary/aromatic N) is 2. The van der Waals surface area contributed by atoms with Crippen LogP contribution in [0.2, 0.25) is 0 Å². The maximum atomic E-state index is 12.1. The Hall–Kier alpha value is -2.84. The molecule has 0 atom stereocenters. The first-order chi connectivity index (χ1) is 11.6. The quantitative estimate of drug-likeness (QED) is 0.851. The summed E-state index contributed by atoms with van der Waals surface area (Å²) in [5.74, 6) is 0.748. The molecule has 5 heteroatoms. The van der Waals surface area contributed by atoms with Gasteiger partial charge in [-0.25, -0.2) is 0 Å². The van der Waals surface area contributed by atoms with Gasteiger partial charge in [0.05, 0.1) is 26.1 Å². The Labute approximate surface area is 142 Å². The number of rotatable bonds is 7. The maximum absolute atomic E-state index is 12.1. The zero-order valence-corrected chi connectivity index (χ0v) is 14.0. The van der Waals surface area contributed by atoms with Crippen molar-refractivity contribution in [2.45, 2.75) is 13.0 Å². The van der Waals surface area contributed by atoms with Crippen molar-refractivity contribution in [2.75, 3.05) is 26.0 Å². The summed E-state index contributed by atoms with van der Waals surface area (Å²) in [5.41, 5.74) is 2.79. The molecule has 0 bridgehead atoms. The Kier molecular flexibility index (Phi) is 6.35. The van der Waals surface area contributed by atoms with Crippen molar-refractivity contribution >= 4 is 11.6 Å². The van der Waals surface area contributed by atoms with Crippen molar-refractivity contribution in [2.24, 2.45) is 0 Å². The monoisotopic (exact) mass is 323 g/mol. The fraction of sp³-hybridized carbons (Fsp3) is 0.263. The lowest BCUT2D eigenvalue weighted by atomic mass is 10.1. The summed E-state index contributed by atoms with van der Waals surface area (Å²) < 4.78 is 5.13. The van der Waals surface area contributed by atoms with E-state index in [2.05, 4.69) is 11.4 Å². The van der Waals surface area contributed by atoms with E-state index in [0.717, 1.165) is 22.6 Å². The lowest BCUT2D eigenvalue weighted by Gasteiger charge is -2.16. The van der Waals surface area contributed by atoms with Gasteiger partial charge in [0.2, 0.25) is 5.91 Å². The maximum Gasteiger partial charge on any atom is 0.238 e. The molecule has 0 unspecified atom stereocenters. The van der Waals surface area contributed by atoms with E-state index in [0.29, 0.717) is 19.5 Å². The molecule has 1 amide bonds. The van der Waals surface area contributed by atoms with Gasteiger partial charge in [0.25, 0.3) is 0 Å². The van der Waals surface area contributed by atoms with Crippen molar-refractivity contribution in [3.63, 3.8) is 0 Å². The van der Waals surface area contributed by atoms with E-state index in [9.17, 15) is 4.79 Å². The molecule has 2 rings (SSSR count). The van der Waals surface area contributed by atoms with Gasteiger partial charge in [-0.2, -0.15) is 5.26 Å². The molecule has 0 spiro atoms. The predicted molar refractivity (Wildman–Crippen MR) is 93.7 cm³/mol. The molecule has 0 saturated heterocycles. The molecule has 1 N–H and O–H groups in total. The van der Waals surface area contributed by atoms with Crippen LogP contribution in [0.5, 0.6) is 5.75 Å². The molecular formula is C19H21N3O2. The molecule has 0 radical (unpaired) electrons. The Bertz CT molecular complexity index is 703. The van der Waals surface area contributed by atoms with E-state index in [1.54, 1.807) is 7.11 Å². The van der Waals surface area contributed by atoms with Crippen LogP contribution in [0.3, 0.4) is 0 Å². The number of amides is 1. The third-order valence-electron chi connectivity index (χ3n) is 3.55. The van der Waals surface area contributed by atoms with Gasteiger partial charge in [-0.1, -0.05) is 24.3 Å².